The monoisotopic (exact) mass is 374 g/mol. The van der Waals surface area contributed by atoms with Crippen LogP contribution in [0.3, 0.4) is 0 Å². The molecule has 0 spiro atoms. The van der Waals surface area contributed by atoms with Crippen molar-refractivity contribution in [1.29, 1.82) is 0 Å². The molecule has 0 saturated carbocycles. The van der Waals surface area contributed by atoms with Crippen molar-refractivity contribution >= 4 is 5.97 Å². The third kappa shape index (κ3) is 4.28. The van der Waals surface area contributed by atoms with Gasteiger partial charge in [0.15, 0.2) is 0 Å². The van der Waals surface area contributed by atoms with Gasteiger partial charge in [0.1, 0.15) is 0 Å². The number of rotatable bonds is 7. The van der Waals surface area contributed by atoms with Gasteiger partial charge >= 0.3 is 5.97 Å². The number of unbranched alkanes of at least 4 members (excludes halogenated alkanes) is 1. The van der Waals surface area contributed by atoms with Crippen LogP contribution in [0.5, 0.6) is 0 Å². The Bertz CT molecular complexity index is 978. The van der Waals surface area contributed by atoms with Crippen molar-refractivity contribution in [2.24, 2.45) is 0 Å². The van der Waals surface area contributed by atoms with Gasteiger partial charge in [0, 0.05) is 17.3 Å². The lowest BCUT2D eigenvalue weighted by Crippen LogP contribution is -2.00. The number of hydrogen-bond acceptors (Lipinski definition) is 3. The molecule has 0 bridgehead atoms. The minimum Gasteiger partial charge on any atom is -0.478 e. The second-order valence-electron chi connectivity index (χ2n) is 7.04. The maximum absolute atomic E-state index is 11.2. The van der Waals surface area contributed by atoms with Gasteiger partial charge in [-0.15, -0.1) is 0 Å². The van der Waals surface area contributed by atoms with E-state index in [0.717, 1.165) is 53.9 Å². The second kappa shape index (κ2) is 8.79. The highest BCUT2D eigenvalue weighted by molar-refractivity contribution is 5.88. The summed E-state index contributed by atoms with van der Waals surface area (Å²) in [5.41, 5.74) is 7.33. The van der Waals surface area contributed by atoms with Crippen molar-refractivity contribution in [2.45, 2.75) is 46.5 Å². The fourth-order valence-corrected chi connectivity index (χ4v) is 3.33. The lowest BCUT2D eigenvalue weighted by atomic mass is 9.98. The van der Waals surface area contributed by atoms with Crippen molar-refractivity contribution in [1.82, 2.24) is 9.97 Å². The van der Waals surface area contributed by atoms with Crippen LogP contribution in [0.4, 0.5) is 0 Å². The summed E-state index contributed by atoms with van der Waals surface area (Å²) in [6, 6.07) is 13.3. The summed E-state index contributed by atoms with van der Waals surface area (Å²) in [6.45, 7) is 6.43. The maximum Gasteiger partial charge on any atom is 0.335 e. The lowest BCUT2D eigenvalue weighted by Gasteiger charge is -2.13. The summed E-state index contributed by atoms with van der Waals surface area (Å²) < 4.78 is 0. The molecule has 0 unspecified atom stereocenters. The predicted octanol–water partition coefficient (Wildman–Crippen LogP) is 5.72. The third-order valence-corrected chi connectivity index (χ3v) is 5.01. The molecular formula is C24H26N2O2. The zero-order valence-corrected chi connectivity index (χ0v) is 16.7. The average molecular weight is 374 g/mol. The Balaban J connectivity index is 2.11. The lowest BCUT2D eigenvalue weighted by molar-refractivity contribution is 0.0697. The third-order valence-electron chi connectivity index (χ3n) is 5.01. The van der Waals surface area contributed by atoms with Gasteiger partial charge in [0.05, 0.1) is 22.6 Å². The molecule has 144 valence electrons. The van der Waals surface area contributed by atoms with E-state index < -0.39 is 5.97 Å². The molecule has 4 heteroatoms. The van der Waals surface area contributed by atoms with Crippen LogP contribution in [0.2, 0.25) is 0 Å². The molecule has 3 aromatic rings. The zero-order valence-electron chi connectivity index (χ0n) is 16.7. The Morgan fingerprint density at radius 3 is 2.32 bits per heavy atom. The molecule has 3 rings (SSSR count). The number of aromatic nitrogens is 2. The maximum atomic E-state index is 11.2. The quantitative estimate of drug-likeness (QED) is 0.574. The molecule has 4 nitrogen and oxygen atoms in total. The number of carboxylic acid groups (broad SMARTS) is 1. The molecule has 0 atom stereocenters. The van der Waals surface area contributed by atoms with E-state index >= 15 is 0 Å². The molecule has 1 N–H and O–H groups in total. The number of aromatic carboxylic acids is 1. The van der Waals surface area contributed by atoms with Gasteiger partial charge < -0.3 is 5.11 Å². The number of aryl methyl sites for hydroxylation is 3. The summed E-state index contributed by atoms with van der Waals surface area (Å²) in [5.74, 6) is -0.930. The number of carboxylic acids is 1. The van der Waals surface area contributed by atoms with Crippen LogP contribution in [-0.2, 0) is 12.8 Å². The normalized spacial score (nSPS) is 10.8. The van der Waals surface area contributed by atoms with Gasteiger partial charge in [-0.1, -0.05) is 44.5 Å². The van der Waals surface area contributed by atoms with Crippen LogP contribution >= 0.6 is 0 Å². The summed E-state index contributed by atoms with van der Waals surface area (Å²) in [6.07, 6.45) is 5.91. The van der Waals surface area contributed by atoms with E-state index in [4.69, 9.17) is 9.97 Å². The van der Waals surface area contributed by atoms with Gasteiger partial charge in [0.25, 0.3) is 0 Å². The minimum atomic E-state index is -0.930. The number of carbonyl (C=O) groups is 1. The predicted molar refractivity (Wildman–Crippen MR) is 113 cm³/mol. The van der Waals surface area contributed by atoms with Crippen molar-refractivity contribution < 1.29 is 9.90 Å². The minimum absolute atomic E-state index is 0.267. The molecule has 1 heterocycles. The first-order valence-electron chi connectivity index (χ1n) is 9.83. The largest absolute Gasteiger partial charge is 0.478 e. The molecule has 0 aliphatic heterocycles. The van der Waals surface area contributed by atoms with Crippen molar-refractivity contribution in [3.8, 4) is 22.5 Å². The molecule has 2 aromatic carbocycles. The first kappa shape index (κ1) is 19.7. The van der Waals surface area contributed by atoms with Crippen LogP contribution < -0.4 is 0 Å². The Morgan fingerprint density at radius 1 is 1.00 bits per heavy atom. The number of benzene rings is 2. The molecular weight excluding hydrogens is 348 g/mol. The summed E-state index contributed by atoms with van der Waals surface area (Å²) in [7, 11) is 0. The van der Waals surface area contributed by atoms with Crippen molar-refractivity contribution in [3.05, 3.63) is 71.0 Å². The average Bonchev–Trinajstić information content (AvgIpc) is 2.72. The summed E-state index contributed by atoms with van der Waals surface area (Å²) >= 11 is 0. The van der Waals surface area contributed by atoms with Gasteiger partial charge in [-0.05, 0) is 55.5 Å². The van der Waals surface area contributed by atoms with Crippen molar-refractivity contribution in [3.63, 3.8) is 0 Å². The molecule has 28 heavy (non-hydrogen) atoms. The van der Waals surface area contributed by atoms with E-state index in [-0.39, 0.29) is 5.56 Å². The molecule has 0 radical (unpaired) electrons. The fourth-order valence-electron chi connectivity index (χ4n) is 3.33. The van der Waals surface area contributed by atoms with E-state index in [1.165, 1.54) is 11.1 Å². The molecule has 0 fully saturated rings. The Morgan fingerprint density at radius 2 is 1.71 bits per heavy atom. The zero-order chi connectivity index (χ0) is 20.1. The molecule has 0 saturated heterocycles. The van der Waals surface area contributed by atoms with Crippen LogP contribution in [0, 0.1) is 6.92 Å². The highest BCUT2D eigenvalue weighted by atomic mass is 16.4. The topological polar surface area (TPSA) is 63.1 Å². The van der Waals surface area contributed by atoms with Gasteiger partial charge in [-0.3, -0.25) is 4.98 Å². The SMILES string of the molecule is CCCCc1cnc(-c2ccc(CC)c(C)c2)c(-c2ccc(C(=O)O)cc2)n1. The molecule has 0 aliphatic carbocycles. The van der Waals surface area contributed by atoms with E-state index in [1.54, 1.807) is 12.1 Å². The van der Waals surface area contributed by atoms with E-state index in [1.807, 2.05) is 18.3 Å². The van der Waals surface area contributed by atoms with E-state index in [2.05, 4.69) is 39.0 Å². The van der Waals surface area contributed by atoms with Crippen molar-refractivity contribution in [2.75, 3.05) is 0 Å². The highest BCUT2D eigenvalue weighted by Crippen LogP contribution is 2.30. The van der Waals surface area contributed by atoms with Gasteiger partial charge in [0.2, 0.25) is 0 Å². The summed E-state index contributed by atoms with van der Waals surface area (Å²) in [5, 5.41) is 9.17. The van der Waals surface area contributed by atoms with Crippen LogP contribution in [0.15, 0.2) is 48.7 Å². The summed E-state index contributed by atoms with van der Waals surface area (Å²) in [4.78, 5) is 20.8. The van der Waals surface area contributed by atoms with Crippen LogP contribution in [0.25, 0.3) is 22.5 Å². The van der Waals surface area contributed by atoms with Gasteiger partial charge in [-0.2, -0.15) is 0 Å². The fraction of sp³-hybridized carbons (Fsp3) is 0.292. The highest BCUT2D eigenvalue weighted by Gasteiger charge is 2.14. The van der Waals surface area contributed by atoms with Gasteiger partial charge in [-0.25, -0.2) is 9.78 Å². The first-order chi connectivity index (χ1) is 13.5. The Hall–Kier alpha value is -3.01. The van der Waals surface area contributed by atoms with E-state index in [9.17, 15) is 9.90 Å². The smallest absolute Gasteiger partial charge is 0.335 e. The Labute approximate surface area is 166 Å². The first-order valence-corrected chi connectivity index (χ1v) is 9.83. The number of hydrogen-bond donors (Lipinski definition) is 1. The molecule has 0 amide bonds. The standard InChI is InChI=1S/C24H26N2O2/c1-4-6-7-21-15-25-22(20-13-8-17(5-2)16(3)14-20)23(26-21)18-9-11-19(12-10-18)24(27)28/h8-15H,4-7H2,1-3H3,(H,27,28). The Kier molecular flexibility index (Phi) is 6.19. The molecule has 1 aromatic heterocycles. The second-order valence-corrected chi connectivity index (χ2v) is 7.04. The number of nitrogens with zero attached hydrogens (tertiary/aromatic N) is 2. The van der Waals surface area contributed by atoms with Crippen LogP contribution in [0.1, 0.15) is 53.9 Å². The van der Waals surface area contributed by atoms with E-state index in [0.29, 0.717) is 0 Å². The molecule has 0 aliphatic rings. The van der Waals surface area contributed by atoms with Crippen LogP contribution in [-0.4, -0.2) is 21.0 Å².